The van der Waals surface area contributed by atoms with Crippen LogP contribution in [0.3, 0.4) is 0 Å². The molecule has 2 aromatic rings. The van der Waals surface area contributed by atoms with Crippen LogP contribution in [0.15, 0.2) is 36.4 Å². The molecule has 0 saturated heterocycles. The fourth-order valence-electron chi connectivity index (χ4n) is 2.20. The third kappa shape index (κ3) is 3.08. The van der Waals surface area contributed by atoms with Crippen LogP contribution in [0.5, 0.6) is 0 Å². The Morgan fingerprint density at radius 1 is 1.00 bits per heavy atom. The maximum atomic E-state index is 14.1. The highest BCUT2D eigenvalue weighted by molar-refractivity contribution is 5.40. The van der Waals surface area contributed by atoms with Gasteiger partial charge in [-0.3, -0.25) is 0 Å². The van der Waals surface area contributed by atoms with E-state index in [2.05, 4.69) is 0 Å². The number of alkyl halides is 3. The van der Waals surface area contributed by atoms with E-state index in [-0.39, 0.29) is 5.56 Å². The van der Waals surface area contributed by atoms with E-state index in [1.165, 1.54) is 0 Å². The number of rotatable bonds is 2. The van der Waals surface area contributed by atoms with Crippen molar-refractivity contribution in [3.05, 3.63) is 70.0 Å². The van der Waals surface area contributed by atoms with Gasteiger partial charge in [-0.25, -0.2) is 4.39 Å². The first kappa shape index (κ1) is 15.5. The van der Waals surface area contributed by atoms with Gasteiger partial charge in [-0.1, -0.05) is 35.9 Å². The fraction of sp³-hybridized carbons (Fsp3) is 0.250. The van der Waals surface area contributed by atoms with Gasteiger partial charge in [-0.2, -0.15) is 13.2 Å². The summed E-state index contributed by atoms with van der Waals surface area (Å²) in [5, 5.41) is 10.3. The topological polar surface area (TPSA) is 20.2 Å². The fourth-order valence-corrected chi connectivity index (χ4v) is 2.20. The number of aliphatic hydroxyl groups is 1. The second-order valence-corrected chi connectivity index (χ2v) is 4.97. The molecule has 2 rings (SSSR count). The molecule has 0 saturated carbocycles. The van der Waals surface area contributed by atoms with E-state index in [1.54, 1.807) is 26.0 Å². The van der Waals surface area contributed by atoms with Crippen molar-refractivity contribution in [2.24, 2.45) is 0 Å². The number of benzene rings is 2. The molecule has 0 aliphatic heterocycles. The Bertz CT molecular complexity index is 662. The smallest absolute Gasteiger partial charge is 0.384 e. The minimum Gasteiger partial charge on any atom is -0.384 e. The van der Waals surface area contributed by atoms with Gasteiger partial charge in [0.25, 0.3) is 0 Å². The van der Waals surface area contributed by atoms with Crippen molar-refractivity contribution in [2.75, 3.05) is 0 Å². The predicted octanol–water partition coefficient (Wildman–Crippen LogP) is 4.54. The lowest BCUT2D eigenvalue weighted by molar-refractivity contribution is -0.140. The molecule has 1 N–H and O–H groups in total. The van der Waals surface area contributed by atoms with E-state index in [1.807, 2.05) is 6.07 Å². The van der Waals surface area contributed by atoms with Gasteiger partial charge in [0.15, 0.2) is 0 Å². The minimum absolute atomic E-state index is 0.376. The lowest BCUT2D eigenvalue weighted by Crippen LogP contribution is -2.12. The quantitative estimate of drug-likeness (QED) is 0.807. The summed E-state index contributed by atoms with van der Waals surface area (Å²) in [4.78, 5) is 0. The Hall–Kier alpha value is -1.88. The third-order valence-electron chi connectivity index (χ3n) is 3.36. The summed E-state index contributed by atoms with van der Waals surface area (Å²) in [6.45, 7) is 3.50. The van der Waals surface area contributed by atoms with Crippen LogP contribution in [0, 0.1) is 19.7 Å². The van der Waals surface area contributed by atoms with Crippen LogP contribution in [-0.4, -0.2) is 5.11 Å². The molecule has 1 unspecified atom stereocenters. The average Bonchev–Trinajstić information content (AvgIpc) is 2.39. The molecule has 0 aliphatic carbocycles. The van der Waals surface area contributed by atoms with Gasteiger partial charge in [0, 0.05) is 5.56 Å². The van der Waals surface area contributed by atoms with E-state index >= 15 is 0 Å². The molecule has 1 nitrogen and oxygen atoms in total. The SMILES string of the molecule is Cc1ccc(C)c(C(O)c2cccc(C(F)(F)F)c2F)c1. The minimum atomic E-state index is -4.79. The van der Waals surface area contributed by atoms with E-state index in [4.69, 9.17) is 0 Å². The summed E-state index contributed by atoms with van der Waals surface area (Å²) >= 11 is 0. The van der Waals surface area contributed by atoms with Crippen molar-refractivity contribution < 1.29 is 22.7 Å². The van der Waals surface area contributed by atoms with E-state index < -0.39 is 23.7 Å². The molecule has 21 heavy (non-hydrogen) atoms. The van der Waals surface area contributed by atoms with Crippen LogP contribution < -0.4 is 0 Å². The summed E-state index contributed by atoms with van der Waals surface area (Å²) in [6.07, 6.45) is -6.23. The molecule has 0 radical (unpaired) electrons. The van der Waals surface area contributed by atoms with Gasteiger partial charge >= 0.3 is 6.18 Å². The van der Waals surface area contributed by atoms with Crippen LogP contribution in [-0.2, 0) is 6.18 Å². The van der Waals surface area contributed by atoms with Crippen molar-refractivity contribution in [3.8, 4) is 0 Å². The normalized spacial score (nSPS) is 13.3. The van der Waals surface area contributed by atoms with Crippen LogP contribution in [0.1, 0.15) is 33.9 Å². The Kier molecular flexibility index (Phi) is 4.05. The van der Waals surface area contributed by atoms with Crippen molar-refractivity contribution in [1.82, 2.24) is 0 Å². The Labute approximate surface area is 119 Å². The van der Waals surface area contributed by atoms with Crippen LogP contribution in [0.4, 0.5) is 17.6 Å². The lowest BCUT2D eigenvalue weighted by Gasteiger charge is -2.18. The van der Waals surface area contributed by atoms with Gasteiger partial charge in [0.2, 0.25) is 0 Å². The zero-order valence-corrected chi connectivity index (χ0v) is 11.5. The van der Waals surface area contributed by atoms with Gasteiger partial charge in [0.1, 0.15) is 11.9 Å². The average molecular weight is 298 g/mol. The molecule has 1 atom stereocenters. The van der Waals surface area contributed by atoms with Crippen molar-refractivity contribution in [2.45, 2.75) is 26.1 Å². The van der Waals surface area contributed by atoms with E-state index in [0.717, 1.165) is 17.7 Å². The first-order valence-electron chi connectivity index (χ1n) is 6.32. The third-order valence-corrected chi connectivity index (χ3v) is 3.36. The summed E-state index contributed by atoms with van der Waals surface area (Å²) in [7, 11) is 0. The van der Waals surface area contributed by atoms with Gasteiger partial charge in [-0.05, 0) is 31.0 Å². The number of aliphatic hydroxyl groups excluding tert-OH is 1. The standard InChI is InChI=1S/C16H14F4O/c1-9-6-7-10(2)12(8-9)15(21)11-4-3-5-13(14(11)17)16(18,19)20/h3-8,15,21H,1-2H3. The molecule has 2 aromatic carbocycles. The highest BCUT2D eigenvalue weighted by Crippen LogP contribution is 2.35. The molecule has 112 valence electrons. The zero-order chi connectivity index (χ0) is 15.8. The monoisotopic (exact) mass is 298 g/mol. The summed E-state index contributed by atoms with van der Waals surface area (Å²) in [5.74, 6) is -1.43. The molecule has 0 aromatic heterocycles. The Balaban J connectivity index is 2.54. The lowest BCUT2D eigenvalue weighted by atomic mass is 9.94. The largest absolute Gasteiger partial charge is 0.419 e. The Morgan fingerprint density at radius 3 is 2.29 bits per heavy atom. The number of halogens is 4. The molecule has 0 bridgehead atoms. The van der Waals surface area contributed by atoms with E-state index in [0.29, 0.717) is 17.2 Å². The predicted molar refractivity (Wildman–Crippen MR) is 71.4 cm³/mol. The summed E-state index contributed by atoms with van der Waals surface area (Å²) < 4.78 is 52.2. The maximum absolute atomic E-state index is 14.1. The molecule has 0 spiro atoms. The van der Waals surface area contributed by atoms with Crippen molar-refractivity contribution in [3.63, 3.8) is 0 Å². The molecule has 0 amide bonds. The summed E-state index contributed by atoms with van der Waals surface area (Å²) in [6, 6.07) is 8.11. The maximum Gasteiger partial charge on any atom is 0.419 e. The van der Waals surface area contributed by atoms with Crippen molar-refractivity contribution in [1.29, 1.82) is 0 Å². The molecular formula is C16H14F4O. The molecular weight excluding hydrogens is 284 g/mol. The highest BCUT2D eigenvalue weighted by atomic mass is 19.4. The van der Waals surface area contributed by atoms with Crippen LogP contribution in [0.25, 0.3) is 0 Å². The van der Waals surface area contributed by atoms with Crippen LogP contribution >= 0.6 is 0 Å². The van der Waals surface area contributed by atoms with Crippen molar-refractivity contribution >= 4 is 0 Å². The second-order valence-electron chi connectivity index (χ2n) is 4.97. The highest BCUT2D eigenvalue weighted by Gasteiger charge is 2.35. The van der Waals surface area contributed by atoms with Gasteiger partial charge in [-0.15, -0.1) is 0 Å². The Morgan fingerprint density at radius 2 is 1.67 bits per heavy atom. The molecule has 0 aliphatic rings. The summed E-state index contributed by atoms with van der Waals surface area (Å²) in [5.41, 5.74) is 0.169. The molecule has 5 heteroatoms. The first-order chi connectivity index (χ1) is 9.71. The zero-order valence-electron chi connectivity index (χ0n) is 11.5. The number of hydrogen-bond donors (Lipinski definition) is 1. The van der Waals surface area contributed by atoms with Gasteiger partial charge < -0.3 is 5.11 Å². The first-order valence-corrected chi connectivity index (χ1v) is 6.32. The number of hydrogen-bond acceptors (Lipinski definition) is 1. The second kappa shape index (κ2) is 5.48. The molecule has 0 heterocycles. The molecule has 0 fully saturated rings. The van der Waals surface area contributed by atoms with Gasteiger partial charge in [0.05, 0.1) is 5.56 Å². The van der Waals surface area contributed by atoms with E-state index in [9.17, 15) is 22.7 Å². The van der Waals surface area contributed by atoms with Crippen LogP contribution in [0.2, 0.25) is 0 Å². The number of aryl methyl sites for hydroxylation is 2.